The maximum absolute atomic E-state index is 12.8. The second kappa shape index (κ2) is 6.17. The van der Waals surface area contributed by atoms with Crippen molar-refractivity contribution in [2.45, 2.75) is 19.4 Å². The first-order chi connectivity index (χ1) is 12.0. The summed E-state index contributed by atoms with van der Waals surface area (Å²) in [5.41, 5.74) is 1.06. The first kappa shape index (κ1) is 16.1. The lowest BCUT2D eigenvalue weighted by Gasteiger charge is -2.28. The van der Waals surface area contributed by atoms with Crippen molar-refractivity contribution in [1.29, 1.82) is 0 Å². The van der Waals surface area contributed by atoms with E-state index in [-0.39, 0.29) is 41.9 Å². The molecule has 0 bridgehead atoms. The number of carboxylic acid groups (broad SMARTS) is 1. The van der Waals surface area contributed by atoms with Crippen molar-refractivity contribution in [3.8, 4) is 0 Å². The van der Waals surface area contributed by atoms with Crippen LogP contribution in [0.1, 0.15) is 18.4 Å². The van der Waals surface area contributed by atoms with Gasteiger partial charge in [-0.2, -0.15) is 0 Å². The highest BCUT2D eigenvalue weighted by Crippen LogP contribution is 2.51. The average Bonchev–Trinajstić information content (AvgIpc) is 3.23. The number of benzene rings is 1. The summed E-state index contributed by atoms with van der Waals surface area (Å²) in [7, 11) is 0. The Morgan fingerprint density at radius 3 is 2.60 bits per heavy atom. The minimum absolute atomic E-state index is 0.0124. The molecule has 6 heteroatoms. The Morgan fingerprint density at radius 1 is 1.12 bits per heavy atom. The van der Waals surface area contributed by atoms with E-state index in [1.807, 2.05) is 30.3 Å². The Kier molecular flexibility index (Phi) is 3.98. The van der Waals surface area contributed by atoms with Crippen LogP contribution in [0.25, 0.3) is 0 Å². The number of nitrogens with zero attached hydrogens (tertiary/aromatic N) is 2. The molecule has 4 rings (SSSR count). The van der Waals surface area contributed by atoms with Crippen LogP contribution in [-0.4, -0.2) is 52.3 Å². The van der Waals surface area contributed by atoms with Crippen molar-refractivity contribution < 1.29 is 19.5 Å². The number of hydrogen-bond donors (Lipinski definition) is 1. The standard InChI is InChI=1S/C19H22N2O4/c22-16-8-13(10-21(16)9-12-4-2-1-3-5-12)18(23)20-7-6-14-15(11-20)17(14)19(24)25/h1-5,13-15,17H,6-11H2,(H,24,25)/t13?,14-,15+,17-/m1/s1. The molecule has 0 aromatic heterocycles. The van der Waals surface area contributed by atoms with E-state index in [4.69, 9.17) is 0 Å². The van der Waals surface area contributed by atoms with Crippen molar-refractivity contribution in [1.82, 2.24) is 9.80 Å². The molecule has 1 N–H and O–H groups in total. The number of amides is 2. The fraction of sp³-hybridized carbons (Fsp3) is 0.526. The van der Waals surface area contributed by atoms with E-state index in [1.165, 1.54) is 0 Å². The SMILES string of the molecule is O=C(O)[C@@H]1[C@@H]2CCN(C(=O)C3CC(=O)N(Cc4ccccc4)C3)C[C@@H]21. The third-order valence-corrected chi connectivity index (χ3v) is 5.87. The van der Waals surface area contributed by atoms with Gasteiger partial charge in [-0.15, -0.1) is 0 Å². The molecule has 1 saturated carbocycles. The van der Waals surface area contributed by atoms with E-state index in [1.54, 1.807) is 9.80 Å². The Balaban J connectivity index is 1.36. The Labute approximate surface area is 146 Å². The number of carbonyl (C=O) groups excluding carboxylic acids is 2. The molecule has 1 aliphatic carbocycles. The molecule has 3 fully saturated rings. The van der Waals surface area contributed by atoms with Gasteiger partial charge in [0.05, 0.1) is 11.8 Å². The van der Waals surface area contributed by atoms with Gasteiger partial charge in [-0.1, -0.05) is 30.3 Å². The highest BCUT2D eigenvalue weighted by Gasteiger charge is 2.57. The molecule has 1 aromatic carbocycles. The molecule has 2 amide bonds. The van der Waals surface area contributed by atoms with Crippen LogP contribution in [0.2, 0.25) is 0 Å². The summed E-state index contributed by atoms with van der Waals surface area (Å²) in [6.45, 7) is 2.14. The molecule has 1 aromatic rings. The van der Waals surface area contributed by atoms with Gasteiger partial charge in [-0.3, -0.25) is 14.4 Å². The van der Waals surface area contributed by atoms with E-state index in [0.29, 0.717) is 26.2 Å². The number of fused-ring (bicyclic) bond motifs is 1. The fourth-order valence-electron chi connectivity index (χ4n) is 4.46. The fourth-order valence-corrected chi connectivity index (χ4v) is 4.46. The number of likely N-dealkylation sites (tertiary alicyclic amines) is 2. The lowest BCUT2D eigenvalue weighted by Crippen LogP contribution is -2.41. The molecule has 0 radical (unpaired) electrons. The van der Waals surface area contributed by atoms with Gasteiger partial charge < -0.3 is 14.9 Å². The molecule has 4 atom stereocenters. The molecule has 25 heavy (non-hydrogen) atoms. The number of aliphatic carboxylic acids is 1. The molecular formula is C19H22N2O4. The zero-order chi connectivity index (χ0) is 17.6. The van der Waals surface area contributed by atoms with Gasteiger partial charge in [0.2, 0.25) is 11.8 Å². The molecule has 2 aliphatic heterocycles. The van der Waals surface area contributed by atoms with Gasteiger partial charge in [0, 0.05) is 32.6 Å². The minimum atomic E-state index is -0.741. The third-order valence-electron chi connectivity index (χ3n) is 5.87. The second-order valence-electron chi connectivity index (χ2n) is 7.43. The average molecular weight is 342 g/mol. The largest absolute Gasteiger partial charge is 0.481 e. The maximum Gasteiger partial charge on any atom is 0.307 e. The second-order valence-corrected chi connectivity index (χ2v) is 7.43. The van der Waals surface area contributed by atoms with E-state index >= 15 is 0 Å². The van der Waals surface area contributed by atoms with Crippen molar-refractivity contribution in [3.63, 3.8) is 0 Å². The first-order valence-corrected chi connectivity index (χ1v) is 8.88. The smallest absolute Gasteiger partial charge is 0.307 e. The number of rotatable bonds is 4. The Hall–Kier alpha value is -2.37. The van der Waals surface area contributed by atoms with Crippen LogP contribution in [-0.2, 0) is 20.9 Å². The predicted octanol–water partition coefficient (Wildman–Crippen LogP) is 1.21. The molecular weight excluding hydrogens is 320 g/mol. The minimum Gasteiger partial charge on any atom is -0.481 e. The topological polar surface area (TPSA) is 77.9 Å². The lowest BCUT2D eigenvalue weighted by molar-refractivity contribution is -0.140. The zero-order valence-electron chi connectivity index (χ0n) is 14.0. The highest BCUT2D eigenvalue weighted by molar-refractivity contribution is 5.89. The third kappa shape index (κ3) is 3.01. The Morgan fingerprint density at radius 2 is 1.88 bits per heavy atom. The van der Waals surface area contributed by atoms with Crippen LogP contribution >= 0.6 is 0 Å². The van der Waals surface area contributed by atoms with Crippen molar-refractivity contribution in [2.24, 2.45) is 23.7 Å². The molecule has 1 unspecified atom stereocenters. The number of carboxylic acids is 1. The van der Waals surface area contributed by atoms with Crippen LogP contribution in [0, 0.1) is 23.7 Å². The van der Waals surface area contributed by atoms with Gasteiger partial charge in [0.25, 0.3) is 0 Å². The Bertz CT molecular complexity index is 705. The van der Waals surface area contributed by atoms with E-state index in [9.17, 15) is 19.5 Å². The van der Waals surface area contributed by atoms with Crippen LogP contribution in [0.3, 0.4) is 0 Å². The molecule has 132 valence electrons. The lowest BCUT2D eigenvalue weighted by atomic mass is 10.0. The quantitative estimate of drug-likeness (QED) is 0.892. The molecule has 3 aliphatic rings. The zero-order valence-corrected chi connectivity index (χ0v) is 14.0. The van der Waals surface area contributed by atoms with Crippen molar-refractivity contribution in [3.05, 3.63) is 35.9 Å². The van der Waals surface area contributed by atoms with Crippen LogP contribution < -0.4 is 0 Å². The van der Waals surface area contributed by atoms with Crippen LogP contribution in [0.5, 0.6) is 0 Å². The van der Waals surface area contributed by atoms with E-state index < -0.39 is 5.97 Å². The van der Waals surface area contributed by atoms with Gasteiger partial charge >= 0.3 is 5.97 Å². The van der Waals surface area contributed by atoms with Crippen LogP contribution in [0.4, 0.5) is 0 Å². The van der Waals surface area contributed by atoms with Gasteiger partial charge in [-0.25, -0.2) is 0 Å². The normalized spacial score (nSPS) is 31.0. The predicted molar refractivity (Wildman–Crippen MR) is 89.3 cm³/mol. The van der Waals surface area contributed by atoms with Crippen LogP contribution in [0.15, 0.2) is 30.3 Å². The van der Waals surface area contributed by atoms with E-state index in [2.05, 4.69) is 0 Å². The summed E-state index contributed by atoms with van der Waals surface area (Å²) in [5, 5.41) is 9.18. The number of piperidine rings is 1. The summed E-state index contributed by atoms with van der Waals surface area (Å²) in [4.78, 5) is 39.8. The molecule has 2 heterocycles. The molecule has 6 nitrogen and oxygen atoms in total. The van der Waals surface area contributed by atoms with Crippen molar-refractivity contribution >= 4 is 17.8 Å². The van der Waals surface area contributed by atoms with Crippen molar-refractivity contribution in [2.75, 3.05) is 19.6 Å². The summed E-state index contributed by atoms with van der Waals surface area (Å²) in [6.07, 6.45) is 1.03. The summed E-state index contributed by atoms with van der Waals surface area (Å²) >= 11 is 0. The van der Waals surface area contributed by atoms with Gasteiger partial charge in [0.15, 0.2) is 0 Å². The maximum atomic E-state index is 12.8. The highest BCUT2D eigenvalue weighted by atomic mass is 16.4. The first-order valence-electron chi connectivity index (χ1n) is 8.88. The molecule has 0 spiro atoms. The summed E-state index contributed by atoms with van der Waals surface area (Å²) < 4.78 is 0. The number of carbonyl (C=O) groups is 3. The monoisotopic (exact) mass is 342 g/mol. The molecule has 2 saturated heterocycles. The summed E-state index contributed by atoms with van der Waals surface area (Å²) in [6, 6.07) is 9.78. The van der Waals surface area contributed by atoms with E-state index in [0.717, 1.165) is 12.0 Å². The number of hydrogen-bond acceptors (Lipinski definition) is 3. The van der Waals surface area contributed by atoms with Gasteiger partial charge in [0.1, 0.15) is 0 Å². The summed E-state index contributed by atoms with van der Waals surface area (Å²) in [5.74, 6) is -0.943. The van der Waals surface area contributed by atoms with Gasteiger partial charge in [-0.05, 0) is 23.8 Å².